The zero-order valence-electron chi connectivity index (χ0n) is 15.6. The average molecular weight is 346 g/mol. The maximum Gasteiger partial charge on any atom is 0.317 e. The molecule has 7 nitrogen and oxygen atoms in total. The molecule has 25 heavy (non-hydrogen) atoms. The molecule has 7 heteroatoms. The van der Waals surface area contributed by atoms with Gasteiger partial charge in [0.2, 0.25) is 0 Å². The summed E-state index contributed by atoms with van der Waals surface area (Å²) >= 11 is 0. The summed E-state index contributed by atoms with van der Waals surface area (Å²) in [5, 5.41) is 10.6. The van der Waals surface area contributed by atoms with Crippen LogP contribution in [-0.4, -0.2) is 69.3 Å². The predicted molar refractivity (Wildman–Crippen MR) is 95.4 cm³/mol. The summed E-state index contributed by atoms with van der Waals surface area (Å²) < 4.78 is 0. The topological polar surface area (TPSA) is 77.2 Å². The molecule has 1 aromatic heterocycles. The van der Waals surface area contributed by atoms with Crippen molar-refractivity contribution in [3.63, 3.8) is 0 Å². The number of hydrogen-bond acceptors (Lipinski definition) is 4. The van der Waals surface area contributed by atoms with Gasteiger partial charge < -0.3 is 10.2 Å². The molecule has 2 atom stereocenters. The van der Waals surface area contributed by atoms with Crippen molar-refractivity contribution >= 4 is 6.03 Å². The molecule has 2 amide bonds. The fraction of sp³-hybridized carbons (Fsp3) is 0.833. The number of H-pyrrole nitrogens is 1. The van der Waals surface area contributed by atoms with Crippen LogP contribution >= 0.6 is 0 Å². The Morgan fingerprint density at radius 1 is 1.28 bits per heavy atom. The zero-order chi connectivity index (χ0) is 17.6. The number of carbonyl (C=O) groups is 1. The van der Waals surface area contributed by atoms with Crippen molar-refractivity contribution in [3.8, 4) is 0 Å². The van der Waals surface area contributed by atoms with Crippen LogP contribution in [0.3, 0.4) is 0 Å². The lowest BCUT2D eigenvalue weighted by atomic mass is 9.80. The van der Waals surface area contributed by atoms with E-state index in [1.165, 1.54) is 25.7 Å². The minimum Gasteiger partial charge on any atom is -0.336 e. The van der Waals surface area contributed by atoms with Crippen molar-refractivity contribution in [3.05, 3.63) is 11.6 Å². The monoisotopic (exact) mass is 346 g/mol. The number of aryl methyl sites for hydroxylation is 1. The Balaban J connectivity index is 1.58. The molecule has 2 saturated heterocycles. The third-order valence-electron chi connectivity index (χ3n) is 6.22. The molecule has 4 rings (SSSR count). The van der Waals surface area contributed by atoms with E-state index in [1.54, 1.807) is 0 Å². The van der Waals surface area contributed by atoms with Gasteiger partial charge in [0.1, 0.15) is 5.82 Å². The van der Waals surface area contributed by atoms with Gasteiger partial charge in [-0.25, -0.2) is 9.78 Å². The molecule has 138 valence electrons. The van der Waals surface area contributed by atoms with Crippen LogP contribution in [0.5, 0.6) is 0 Å². The van der Waals surface area contributed by atoms with E-state index in [1.807, 2.05) is 25.7 Å². The van der Waals surface area contributed by atoms with Crippen LogP contribution in [0.2, 0.25) is 0 Å². The first-order valence-corrected chi connectivity index (χ1v) is 9.67. The van der Waals surface area contributed by atoms with E-state index in [2.05, 4.69) is 20.4 Å². The standard InChI is InChI=1S/C18H30N6O/c1-12(2)19-17(25)24-9-14-8-23(15-6-4-5-7-15)10-18(14,11-24)16-20-13(3)21-22-16/h12,14-15H,4-11H2,1-3H3,(H,19,25)(H,20,21,22)/t14-,18-/m1/s1. The number of urea groups is 1. The predicted octanol–water partition coefficient (Wildman–Crippen LogP) is 1.66. The largest absolute Gasteiger partial charge is 0.336 e. The highest BCUT2D eigenvalue weighted by Gasteiger charge is 2.57. The van der Waals surface area contributed by atoms with E-state index in [-0.39, 0.29) is 17.5 Å². The van der Waals surface area contributed by atoms with Gasteiger partial charge in [0.05, 0.1) is 5.41 Å². The third kappa shape index (κ3) is 2.92. The average Bonchev–Trinajstić information content (AvgIpc) is 3.28. The maximum atomic E-state index is 12.6. The number of hydrogen-bond donors (Lipinski definition) is 2. The molecular formula is C18H30N6O. The van der Waals surface area contributed by atoms with Gasteiger partial charge in [0.15, 0.2) is 5.82 Å². The van der Waals surface area contributed by atoms with Gasteiger partial charge >= 0.3 is 6.03 Å². The van der Waals surface area contributed by atoms with E-state index in [0.717, 1.165) is 37.8 Å². The van der Waals surface area contributed by atoms with Crippen molar-refractivity contribution in [2.24, 2.45) is 5.92 Å². The normalized spacial score (nSPS) is 30.4. The Kier molecular flexibility index (Phi) is 4.22. The number of rotatable bonds is 3. The second-order valence-electron chi connectivity index (χ2n) is 8.45. The van der Waals surface area contributed by atoms with Gasteiger partial charge in [-0.2, -0.15) is 5.10 Å². The summed E-state index contributed by atoms with van der Waals surface area (Å²) in [6.07, 6.45) is 5.32. The van der Waals surface area contributed by atoms with Gasteiger partial charge in [-0.05, 0) is 33.6 Å². The Hall–Kier alpha value is -1.63. The van der Waals surface area contributed by atoms with E-state index < -0.39 is 0 Å². The molecule has 3 aliphatic rings. The number of carbonyl (C=O) groups excluding carboxylic acids is 1. The van der Waals surface area contributed by atoms with Gasteiger partial charge in [-0.3, -0.25) is 10.00 Å². The lowest BCUT2D eigenvalue weighted by Gasteiger charge is -2.30. The number of amides is 2. The van der Waals surface area contributed by atoms with Crippen LogP contribution in [0.1, 0.15) is 51.2 Å². The fourth-order valence-corrected chi connectivity index (χ4v) is 5.03. The van der Waals surface area contributed by atoms with Crippen LogP contribution in [0, 0.1) is 12.8 Å². The first-order chi connectivity index (χ1) is 12.0. The summed E-state index contributed by atoms with van der Waals surface area (Å²) in [6, 6.07) is 0.911. The second kappa shape index (κ2) is 6.27. The minimum atomic E-state index is -0.123. The molecule has 0 spiro atoms. The van der Waals surface area contributed by atoms with Crippen molar-refractivity contribution in [1.82, 2.24) is 30.3 Å². The molecule has 0 radical (unpaired) electrons. The highest BCUT2D eigenvalue weighted by molar-refractivity contribution is 5.75. The number of fused-ring (bicyclic) bond motifs is 1. The third-order valence-corrected chi connectivity index (χ3v) is 6.22. The zero-order valence-corrected chi connectivity index (χ0v) is 15.6. The lowest BCUT2D eigenvalue weighted by Crippen LogP contribution is -2.46. The summed E-state index contributed by atoms with van der Waals surface area (Å²) in [6.45, 7) is 9.51. The lowest BCUT2D eigenvalue weighted by molar-refractivity contribution is 0.183. The number of aromatic nitrogens is 3. The van der Waals surface area contributed by atoms with E-state index in [9.17, 15) is 4.79 Å². The Morgan fingerprint density at radius 3 is 2.68 bits per heavy atom. The van der Waals surface area contributed by atoms with Crippen molar-refractivity contribution < 1.29 is 4.79 Å². The molecular weight excluding hydrogens is 316 g/mol. The molecule has 2 aliphatic heterocycles. The molecule has 1 aliphatic carbocycles. The summed E-state index contributed by atoms with van der Waals surface area (Å²) in [5.41, 5.74) is -0.123. The summed E-state index contributed by atoms with van der Waals surface area (Å²) in [5.74, 6) is 2.17. The molecule has 2 N–H and O–H groups in total. The van der Waals surface area contributed by atoms with Gasteiger partial charge in [-0.15, -0.1) is 0 Å². The van der Waals surface area contributed by atoms with E-state index in [4.69, 9.17) is 4.98 Å². The molecule has 0 unspecified atom stereocenters. The Morgan fingerprint density at radius 2 is 2.04 bits per heavy atom. The molecule has 3 heterocycles. The van der Waals surface area contributed by atoms with Gasteiger partial charge in [-0.1, -0.05) is 12.8 Å². The molecule has 0 bridgehead atoms. The highest BCUT2D eigenvalue weighted by atomic mass is 16.2. The molecule has 1 aromatic rings. The smallest absolute Gasteiger partial charge is 0.317 e. The molecule has 0 aromatic carbocycles. The summed E-state index contributed by atoms with van der Waals surface area (Å²) in [4.78, 5) is 21.9. The van der Waals surface area contributed by atoms with Crippen LogP contribution in [0.15, 0.2) is 0 Å². The Labute approximate surface area is 149 Å². The number of likely N-dealkylation sites (tertiary alicyclic amines) is 2. The number of aromatic amines is 1. The number of nitrogens with zero attached hydrogens (tertiary/aromatic N) is 4. The van der Waals surface area contributed by atoms with Crippen LogP contribution in [0.25, 0.3) is 0 Å². The minimum absolute atomic E-state index is 0.0449. The van der Waals surface area contributed by atoms with Crippen LogP contribution < -0.4 is 5.32 Å². The van der Waals surface area contributed by atoms with E-state index >= 15 is 0 Å². The highest BCUT2D eigenvalue weighted by Crippen LogP contribution is 2.45. The van der Waals surface area contributed by atoms with Crippen molar-refractivity contribution in [2.75, 3.05) is 26.2 Å². The van der Waals surface area contributed by atoms with Crippen molar-refractivity contribution in [2.45, 2.75) is 64.0 Å². The first kappa shape index (κ1) is 16.8. The van der Waals surface area contributed by atoms with Gasteiger partial charge in [0.25, 0.3) is 0 Å². The molecule has 1 saturated carbocycles. The fourth-order valence-electron chi connectivity index (χ4n) is 5.03. The SMILES string of the molecule is Cc1nc([C@]23CN(C(=O)NC(C)C)C[C@H]2CN(C2CCCC2)C3)n[nH]1. The first-order valence-electron chi connectivity index (χ1n) is 9.67. The van der Waals surface area contributed by atoms with Crippen molar-refractivity contribution in [1.29, 1.82) is 0 Å². The quantitative estimate of drug-likeness (QED) is 0.873. The summed E-state index contributed by atoms with van der Waals surface area (Å²) in [7, 11) is 0. The second-order valence-corrected chi connectivity index (χ2v) is 8.45. The maximum absolute atomic E-state index is 12.6. The van der Waals surface area contributed by atoms with Gasteiger partial charge in [0, 0.05) is 44.2 Å². The van der Waals surface area contributed by atoms with E-state index in [0.29, 0.717) is 12.0 Å². The Bertz CT molecular complexity index is 637. The van der Waals surface area contributed by atoms with Crippen LogP contribution in [-0.2, 0) is 5.41 Å². The molecule has 3 fully saturated rings. The van der Waals surface area contributed by atoms with Crippen LogP contribution in [0.4, 0.5) is 4.79 Å². The number of nitrogens with one attached hydrogen (secondary N) is 2.